The molecule has 0 aliphatic carbocycles. The third kappa shape index (κ3) is 2.79. The molecule has 0 amide bonds. The van der Waals surface area contributed by atoms with Crippen molar-refractivity contribution in [3.8, 4) is 11.5 Å². The van der Waals surface area contributed by atoms with E-state index in [4.69, 9.17) is 21.1 Å². The van der Waals surface area contributed by atoms with E-state index >= 15 is 0 Å². The van der Waals surface area contributed by atoms with Crippen LogP contribution in [0.15, 0.2) is 46.9 Å². The van der Waals surface area contributed by atoms with E-state index in [0.717, 1.165) is 21.5 Å². The van der Waals surface area contributed by atoms with Crippen LogP contribution in [0.3, 0.4) is 0 Å². The Labute approximate surface area is 131 Å². The molecule has 0 saturated carbocycles. The fourth-order valence-corrected chi connectivity index (χ4v) is 2.97. The molecule has 0 fully saturated rings. The van der Waals surface area contributed by atoms with Crippen LogP contribution in [0, 0.1) is 0 Å². The maximum absolute atomic E-state index is 5.96. The first-order chi connectivity index (χ1) is 9.78. The Balaban J connectivity index is 1.72. The van der Waals surface area contributed by atoms with Crippen LogP contribution >= 0.6 is 27.5 Å². The molecule has 0 spiro atoms. The summed E-state index contributed by atoms with van der Waals surface area (Å²) in [6.45, 7) is 1.27. The minimum absolute atomic E-state index is 0.276. The van der Waals surface area contributed by atoms with Crippen molar-refractivity contribution in [3.05, 3.63) is 58.1 Å². The topological polar surface area (TPSA) is 18.5 Å². The zero-order valence-corrected chi connectivity index (χ0v) is 13.2. The lowest BCUT2D eigenvalue weighted by Gasteiger charge is -2.14. The molecule has 0 bridgehead atoms. The summed E-state index contributed by atoms with van der Waals surface area (Å²) >= 11 is 9.40. The van der Waals surface area contributed by atoms with E-state index in [1.807, 2.05) is 36.4 Å². The van der Waals surface area contributed by atoms with Gasteiger partial charge in [-0.1, -0.05) is 34.1 Å². The van der Waals surface area contributed by atoms with Crippen molar-refractivity contribution < 1.29 is 9.47 Å². The summed E-state index contributed by atoms with van der Waals surface area (Å²) in [5.74, 6) is 2.52. The van der Waals surface area contributed by atoms with Gasteiger partial charge in [0.05, 0.1) is 25.0 Å². The SMILES string of the molecule is ClCc1cc(Br)ccc1OCC1COc2ccccc21. The summed E-state index contributed by atoms with van der Waals surface area (Å²) in [6, 6.07) is 14.0. The second-order valence-corrected chi connectivity index (χ2v) is 5.93. The van der Waals surface area contributed by atoms with Crippen molar-refractivity contribution >= 4 is 27.5 Å². The zero-order chi connectivity index (χ0) is 13.9. The molecule has 0 radical (unpaired) electrons. The average Bonchev–Trinajstić information content (AvgIpc) is 2.89. The lowest BCUT2D eigenvalue weighted by molar-refractivity contribution is 0.247. The fourth-order valence-electron chi connectivity index (χ4n) is 2.35. The first-order valence-corrected chi connectivity index (χ1v) is 7.79. The summed E-state index contributed by atoms with van der Waals surface area (Å²) in [6.07, 6.45) is 0. The van der Waals surface area contributed by atoms with Gasteiger partial charge in [-0.25, -0.2) is 0 Å². The quantitative estimate of drug-likeness (QED) is 0.739. The van der Waals surface area contributed by atoms with Crippen LogP contribution in [0.25, 0.3) is 0 Å². The maximum Gasteiger partial charge on any atom is 0.123 e. The zero-order valence-electron chi connectivity index (χ0n) is 10.8. The molecule has 1 aliphatic heterocycles. The molecular formula is C16H14BrClO2. The third-order valence-electron chi connectivity index (χ3n) is 3.41. The molecule has 0 N–H and O–H groups in total. The van der Waals surface area contributed by atoms with E-state index in [-0.39, 0.29) is 5.92 Å². The van der Waals surface area contributed by atoms with Gasteiger partial charge in [-0.15, -0.1) is 11.6 Å². The van der Waals surface area contributed by atoms with Crippen LogP contribution < -0.4 is 9.47 Å². The normalized spacial score (nSPS) is 16.6. The number of para-hydroxylation sites is 1. The highest BCUT2D eigenvalue weighted by molar-refractivity contribution is 9.10. The van der Waals surface area contributed by atoms with Crippen LogP contribution in [-0.2, 0) is 5.88 Å². The summed E-state index contributed by atoms with van der Waals surface area (Å²) in [5, 5.41) is 0. The molecule has 1 aliphatic rings. The lowest BCUT2D eigenvalue weighted by Crippen LogP contribution is -2.12. The van der Waals surface area contributed by atoms with Gasteiger partial charge in [0.15, 0.2) is 0 Å². The average molecular weight is 354 g/mol. The van der Waals surface area contributed by atoms with E-state index in [9.17, 15) is 0 Å². The van der Waals surface area contributed by atoms with Gasteiger partial charge in [-0.05, 0) is 24.3 Å². The van der Waals surface area contributed by atoms with Gasteiger partial charge in [0.25, 0.3) is 0 Å². The standard InChI is InChI=1S/C16H14BrClO2/c17-13-5-6-15(11(7-13)8-18)19-9-12-10-20-16-4-2-1-3-14(12)16/h1-7,12H,8-10H2. The van der Waals surface area contributed by atoms with E-state index in [0.29, 0.717) is 19.1 Å². The van der Waals surface area contributed by atoms with E-state index in [1.165, 1.54) is 5.56 Å². The molecule has 0 saturated heterocycles. The number of benzene rings is 2. The summed E-state index contributed by atoms with van der Waals surface area (Å²) in [5.41, 5.74) is 2.21. The van der Waals surface area contributed by atoms with Crippen molar-refractivity contribution in [1.82, 2.24) is 0 Å². The van der Waals surface area contributed by atoms with Crippen molar-refractivity contribution in [2.45, 2.75) is 11.8 Å². The molecule has 2 aromatic rings. The molecule has 1 heterocycles. The highest BCUT2D eigenvalue weighted by Gasteiger charge is 2.24. The molecule has 4 heteroatoms. The molecule has 1 unspecified atom stereocenters. The number of fused-ring (bicyclic) bond motifs is 1. The van der Waals surface area contributed by atoms with Crippen LogP contribution in [0.4, 0.5) is 0 Å². The van der Waals surface area contributed by atoms with Crippen LogP contribution in [0.5, 0.6) is 11.5 Å². The van der Waals surface area contributed by atoms with Crippen molar-refractivity contribution in [2.24, 2.45) is 0 Å². The lowest BCUT2D eigenvalue weighted by atomic mass is 10.0. The van der Waals surface area contributed by atoms with Gasteiger partial charge < -0.3 is 9.47 Å². The Morgan fingerprint density at radius 2 is 2.10 bits per heavy atom. The Morgan fingerprint density at radius 1 is 1.25 bits per heavy atom. The van der Waals surface area contributed by atoms with E-state index < -0.39 is 0 Å². The first-order valence-electron chi connectivity index (χ1n) is 6.47. The summed E-state index contributed by atoms with van der Waals surface area (Å²) in [4.78, 5) is 0. The number of hydrogen-bond donors (Lipinski definition) is 0. The van der Waals surface area contributed by atoms with E-state index in [2.05, 4.69) is 22.0 Å². The number of hydrogen-bond acceptors (Lipinski definition) is 2. The van der Waals surface area contributed by atoms with Gasteiger partial charge >= 0.3 is 0 Å². The maximum atomic E-state index is 5.96. The molecule has 3 rings (SSSR count). The number of ether oxygens (including phenoxy) is 2. The molecule has 2 nitrogen and oxygen atoms in total. The molecule has 20 heavy (non-hydrogen) atoms. The third-order valence-corrected chi connectivity index (χ3v) is 4.19. The highest BCUT2D eigenvalue weighted by atomic mass is 79.9. The number of rotatable bonds is 4. The minimum Gasteiger partial charge on any atom is -0.493 e. The van der Waals surface area contributed by atoms with E-state index in [1.54, 1.807) is 0 Å². The fraction of sp³-hybridized carbons (Fsp3) is 0.250. The second-order valence-electron chi connectivity index (χ2n) is 4.74. The minimum atomic E-state index is 0.276. The van der Waals surface area contributed by atoms with Gasteiger partial charge in [-0.2, -0.15) is 0 Å². The Morgan fingerprint density at radius 3 is 2.95 bits per heavy atom. The monoisotopic (exact) mass is 352 g/mol. The summed E-state index contributed by atoms with van der Waals surface area (Å²) in [7, 11) is 0. The van der Waals surface area contributed by atoms with Crippen molar-refractivity contribution in [1.29, 1.82) is 0 Å². The van der Waals surface area contributed by atoms with Gasteiger partial charge in [-0.3, -0.25) is 0 Å². The molecule has 0 aromatic heterocycles. The molecule has 1 atom stereocenters. The predicted molar refractivity (Wildman–Crippen MR) is 83.9 cm³/mol. The Bertz CT molecular complexity index is 615. The Hall–Kier alpha value is -1.19. The Kier molecular flexibility index (Phi) is 4.18. The largest absolute Gasteiger partial charge is 0.493 e. The number of halogens is 2. The van der Waals surface area contributed by atoms with Crippen molar-refractivity contribution in [3.63, 3.8) is 0 Å². The first kappa shape index (κ1) is 13.8. The summed E-state index contributed by atoms with van der Waals surface area (Å²) < 4.78 is 12.6. The van der Waals surface area contributed by atoms with Crippen LogP contribution in [-0.4, -0.2) is 13.2 Å². The molecule has 2 aromatic carbocycles. The van der Waals surface area contributed by atoms with Crippen molar-refractivity contribution in [2.75, 3.05) is 13.2 Å². The van der Waals surface area contributed by atoms with Gasteiger partial charge in [0.2, 0.25) is 0 Å². The van der Waals surface area contributed by atoms with Gasteiger partial charge in [0, 0.05) is 15.6 Å². The van der Waals surface area contributed by atoms with Crippen LogP contribution in [0.2, 0.25) is 0 Å². The predicted octanol–water partition coefficient (Wildman–Crippen LogP) is 4.74. The number of alkyl halides is 1. The smallest absolute Gasteiger partial charge is 0.123 e. The van der Waals surface area contributed by atoms with Gasteiger partial charge in [0.1, 0.15) is 11.5 Å². The molecular weight excluding hydrogens is 340 g/mol. The second kappa shape index (κ2) is 6.06. The van der Waals surface area contributed by atoms with Crippen LogP contribution in [0.1, 0.15) is 17.0 Å². The molecule has 104 valence electrons. The highest BCUT2D eigenvalue weighted by Crippen LogP contribution is 2.34.